The van der Waals surface area contributed by atoms with Crippen LogP contribution in [0.5, 0.6) is 0 Å². The lowest BCUT2D eigenvalue weighted by atomic mass is 10.2. The van der Waals surface area contributed by atoms with Gasteiger partial charge in [0.25, 0.3) is 5.91 Å². The molecule has 0 atom stereocenters. The Bertz CT molecular complexity index is 1240. The molecule has 4 rings (SSSR count). The number of aromatic amines is 1. The molecule has 2 aromatic carbocycles. The Balaban J connectivity index is 1.55. The number of oxazole rings is 1. The monoisotopic (exact) mass is 390 g/mol. The van der Waals surface area contributed by atoms with Crippen molar-refractivity contribution in [3.63, 3.8) is 0 Å². The zero-order valence-electron chi connectivity index (χ0n) is 15.7. The van der Waals surface area contributed by atoms with Crippen LogP contribution in [0.1, 0.15) is 15.9 Å². The molecule has 4 N–H and O–H groups in total. The molecule has 29 heavy (non-hydrogen) atoms. The molecule has 0 radical (unpaired) electrons. The van der Waals surface area contributed by atoms with Crippen molar-refractivity contribution in [3.05, 3.63) is 70.3 Å². The number of aromatic nitrogens is 3. The Morgan fingerprint density at radius 3 is 2.59 bits per heavy atom. The molecule has 2 aromatic heterocycles. The van der Waals surface area contributed by atoms with Gasteiger partial charge in [-0.1, -0.05) is 0 Å². The molecule has 4 aromatic rings. The van der Waals surface area contributed by atoms with Crippen LogP contribution in [0.4, 0.5) is 23.1 Å². The van der Waals surface area contributed by atoms with Crippen LogP contribution in [-0.2, 0) is 0 Å². The molecule has 0 spiro atoms. The van der Waals surface area contributed by atoms with E-state index >= 15 is 0 Å². The molecule has 0 saturated heterocycles. The first-order valence-electron chi connectivity index (χ1n) is 8.84. The molecule has 0 bridgehead atoms. The van der Waals surface area contributed by atoms with Gasteiger partial charge < -0.3 is 20.4 Å². The minimum absolute atomic E-state index is 0.148. The van der Waals surface area contributed by atoms with Crippen molar-refractivity contribution in [2.75, 3.05) is 17.7 Å². The van der Waals surface area contributed by atoms with Gasteiger partial charge in [0.15, 0.2) is 5.58 Å². The number of rotatable bonds is 5. The summed E-state index contributed by atoms with van der Waals surface area (Å²) in [6, 6.07) is 12.3. The first-order chi connectivity index (χ1) is 14.0. The molecule has 2 heterocycles. The van der Waals surface area contributed by atoms with Gasteiger partial charge >= 0.3 is 5.76 Å². The minimum Gasteiger partial charge on any atom is -0.408 e. The number of benzene rings is 2. The van der Waals surface area contributed by atoms with E-state index in [0.717, 1.165) is 16.9 Å². The van der Waals surface area contributed by atoms with Gasteiger partial charge in [0, 0.05) is 35.7 Å². The predicted molar refractivity (Wildman–Crippen MR) is 110 cm³/mol. The van der Waals surface area contributed by atoms with E-state index in [9.17, 15) is 9.59 Å². The maximum atomic E-state index is 11.6. The molecule has 9 nitrogen and oxygen atoms in total. The smallest absolute Gasteiger partial charge is 0.408 e. The standard InChI is InChI=1S/C20H18N6O3/c1-11-10-22-19(24-13-5-3-12(4-6-13)18(27)21-2)26-17(11)23-14-7-8-16-15(9-14)25-20(28)29-16/h3-10H,1-2H3,(H,21,27)(H,25,28)(H2,22,23,24,26). The van der Waals surface area contributed by atoms with Crippen molar-refractivity contribution in [2.24, 2.45) is 0 Å². The summed E-state index contributed by atoms with van der Waals surface area (Å²) in [7, 11) is 1.59. The number of nitrogens with zero attached hydrogens (tertiary/aromatic N) is 2. The van der Waals surface area contributed by atoms with Crippen LogP contribution in [-0.4, -0.2) is 27.9 Å². The van der Waals surface area contributed by atoms with Crippen molar-refractivity contribution < 1.29 is 9.21 Å². The second-order valence-electron chi connectivity index (χ2n) is 6.36. The number of nitrogens with one attached hydrogen (secondary N) is 4. The maximum absolute atomic E-state index is 11.6. The lowest BCUT2D eigenvalue weighted by Crippen LogP contribution is -2.17. The molecule has 0 aliphatic heterocycles. The Kier molecular flexibility index (Phi) is 4.70. The van der Waals surface area contributed by atoms with Crippen LogP contribution in [0.2, 0.25) is 0 Å². The van der Waals surface area contributed by atoms with Gasteiger partial charge in [0.05, 0.1) is 5.52 Å². The Labute approximate surface area is 165 Å². The zero-order valence-corrected chi connectivity index (χ0v) is 15.7. The van der Waals surface area contributed by atoms with E-state index < -0.39 is 5.76 Å². The van der Waals surface area contributed by atoms with E-state index in [-0.39, 0.29) is 5.91 Å². The SMILES string of the molecule is CNC(=O)c1ccc(Nc2ncc(C)c(Nc3ccc4oc(=O)[nH]c4c3)n2)cc1. The highest BCUT2D eigenvalue weighted by Crippen LogP contribution is 2.23. The fourth-order valence-electron chi connectivity index (χ4n) is 2.77. The van der Waals surface area contributed by atoms with E-state index in [4.69, 9.17) is 4.42 Å². The summed E-state index contributed by atoms with van der Waals surface area (Å²) in [6.45, 7) is 1.89. The van der Waals surface area contributed by atoms with Crippen LogP contribution in [0, 0.1) is 6.92 Å². The number of aryl methyl sites for hydroxylation is 1. The van der Waals surface area contributed by atoms with E-state index in [1.54, 1.807) is 55.7 Å². The van der Waals surface area contributed by atoms with E-state index in [1.807, 2.05) is 6.92 Å². The number of anilines is 4. The molecular weight excluding hydrogens is 372 g/mol. The Hall–Kier alpha value is -4.14. The third kappa shape index (κ3) is 3.93. The van der Waals surface area contributed by atoms with Gasteiger partial charge in [-0.25, -0.2) is 9.78 Å². The molecule has 0 saturated carbocycles. The summed E-state index contributed by atoms with van der Waals surface area (Å²) in [5.74, 6) is 0.383. The quantitative estimate of drug-likeness (QED) is 0.413. The maximum Gasteiger partial charge on any atom is 0.417 e. The summed E-state index contributed by atoms with van der Waals surface area (Å²) in [6.07, 6.45) is 1.70. The van der Waals surface area contributed by atoms with Gasteiger partial charge in [-0.2, -0.15) is 4.98 Å². The fraction of sp³-hybridized carbons (Fsp3) is 0.100. The summed E-state index contributed by atoms with van der Waals surface area (Å²) in [5.41, 5.74) is 4.01. The summed E-state index contributed by atoms with van der Waals surface area (Å²) >= 11 is 0. The number of amides is 1. The van der Waals surface area contributed by atoms with Crippen molar-refractivity contribution in [2.45, 2.75) is 6.92 Å². The molecule has 1 amide bonds. The molecule has 0 fully saturated rings. The first kappa shape index (κ1) is 18.2. The van der Waals surface area contributed by atoms with E-state index in [0.29, 0.717) is 28.4 Å². The largest absolute Gasteiger partial charge is 0.417 e. The van der Waals surface area contributed by atoms with E-state index in [2.05, 4.69) is 30.9 Å². The van der Waals surface area contributed by atoms with Gasteiger partial charge in [0.2, 0.25) is 5.95 Å². The third-order valence-corrected chi connectivity index (χ3v) is 4.28. The van der Waals surface area contributed by atoms with Crippen molar-refractivity contribution >= 4 is 40.1 Å². The van der Waals surface area contributed by atoms with Crippen LogP contribution < -0.4 is 21.7 Å². The van der Waals surface area contributed by atoms with Crippen LogP contribution in [0.25, 0.3) is 11.1 Å². The lowest BCUT2D eigenvalue weighted by molar-refractivity contribution is 0.0963. The molecule has 146 valence electrons. The Morgan fingerprint density at radius 1 is 1.07 bits per heavy atom. The molecular formula is C20H18N6O3. The highest BCUT2D eigenvalue weighted by molar-refractivity contribution is 5.94. The molecule has 0 aliphatic carbocycles. The van der Waals surface area contributed by atoms with Crippen molar-refractivity contribution in [1.29, 1.82) is 0 Å². The summed E-state index contributed by atoms with van der Waals surface area (Å²) in [4.78, 5) is 34.4. The Morgan fingerprint density at radius 2 is 1.83 bits per heavy atom. The predicted octanol–water partition coefficient (Wildman–Crippen LogP) is 3.07. The number of fused-ring (bicyclic) bond motifs is 1. The first-order valence-corrected chi connectivity index (χ1v) is 8.84. The van der Waals surface area contributed by atoms with Crippen LogP contribution in [0.15, 0.2) is 57.9 Å². The zero-order chi connectivity index (χ0) is 20.4. The van der Waals surface area contributed by atoms with Gasteiger partial charge in [-0.3, -0.25) is 9.78 Å². The highest BCUT2D eigenvalue weighted by atomic mass is 16.4. The second kappa shape index (κ2) is 7.47. The summed E-state index contributed by atoms with van der Waals surface area (Å²) < 4.78 is 5.01. The highest BCUT2D eigenvalue weighted by Gasteiger charge is 2.08. The number of hydrogen-bond donors (Lipinski definition) is 4. The average molecular weight is 390 g/mol. The third-order valence-electron chi connectivity index (χ3n) is 4.28. The van der Waals surface area contributed by atoms with Crippen LogP contribution in [0.3, 0.4) is 0 Å². The minimum atomic E-state index is -0.496. The molecule has 9 heteroatoms. The topological polar surface area (TPSA) is 125 Å². The van der Waals surface area contributed by atoms with Crippen molar-refractivity contribution in [1.82, 2.24) is 20.3 Å². The van der Waals surface area contributed by atoms with Gasteiger partial charge in [-0.05, 0) is 49.4 Å². The summed E-state index contributed by atoms with van der Waals surface area (Å²) in [5, 5.41) is 8.92. The van der Waals surface area contributed by atoms with Gasteiger partial charge in [0.1, 0.15) is 5.82 Å². The van der Waals surface area contributed by atoms with Crippen molar-refractivity contribution in [3.8, 4) is 0 Å². The molecule has 0 aliphatic rings. The second-order valence-corrected chi connectivity index (χ2v) is 6.36. The van der Waals surface area contributed by atoms with Crippen LogP contribution >= 0.6 is 0 Å². The van der Waals surface area contributed by atoms with E-state index in [1.165, 1.54) is 0 Å². The number of carbonyl (C=O) groups excluding carboxylic acids is 1. The number of carbonyl (C=O) groups is 1. The molecule has 0 unspecified atom stereocenters. The average Bonchev–Trinajstić information content (AvgIpc) is 3.10. The lowest BCUT2D eigenvalue weighted by Gasteiger charge is -2.11. The number of H-pyrrole nitrogens is 1. The normalized spacial score (nSPS) is 10.7. The number of hydrogen-bond acceptors (Lipinski definition) is 7. The van der Waals surface area contributed by atoms with Gasteiger partial charge in [-0.15, -0.1) is 0 Å². The fourth-order valence-corrected chi connectivity index (χ4v) is 2.77.